The van der Waals surface area contributed by atoms with Crippen molar-refractivity contribution in [2.45, 2.75) is 57.5 Å². The minimum atomic E-state index is -5.19. The number of hydrogen-bond donors (Lipinski definition) is 1. The Labute approximate surface area is 245 Å². The Kier molecular flexibility index (Phi) is 9.96. The molecule has 44 heavy (non-hydrogen) atoms. The lowest BCUT2D eigenvalue weighted by molar-refractivity contribution is -0.253. The lowest BCUT2D eigenvalue weighted by Gasteiger charge is -2.37. The van der Waals surface area contributed by atoms with Crippen molar-refractivity contribution in [3.8, 4) is 11.5 Å². The van der Waals surface area contributed by atoms with Crippen molar-refractivity contribution in [1.29, 1.82) is 0 Å². The van der Waals surface area contributed by atoms with Crippen LogP contribution >= 0.6 is 0 Å². The minimum Gasteiger partial charge on any atom is -0.488 e. The Bertz CT molecular complexity index is 1540. The van der Waals surface area contributed by atoms with Gasteiger partial charge in [-0.15, -0.1) is 6.58 Å². The number of carbonyl (C=O) groups is 1. The van der Waals surface area contributed by atoms with Gasteiger partial charge in [0.1, 0.15) is 17.4 Å². The second-order valence-corrected chi connectivity index (χ2v) is 10.1. The highest BCUT2D eigenvalue weighted by atomic mass is 19.4. The smallest absolute Gasteiger partial charge is 0.461 e. The molecule has 0 aliphatic carbocycles. The molecule has 1 N–H and O–H groups in total. The van der Waals surface area contributed by atoms with Crippen molar-refractivity contribution < 1.29 is 58.2 Å². The van der Waals surface area contributed by atoms with E-state index in [0.717, 1.165) is 24.3 Å². The van der Waals surface area contributed by atoms with Crippen LogP contribution < -0.4 is 14.8 Å². The topological polar surface area (TPSA) is 47.6 Å². The molecule has 3 aromatic rings. The van der Waals surface area contributed by atoms with Crippen molar-refractivity contribution in [3.05, 3.63) is 106 Å². The Morgan fingerprint density at radius 1 is 0.886 bits per heavy atom. The number of halogens is 10. The van der Waals surface area contributed by atoms with Crippen molar-refractivity contribution in [3.63, 3.8) is 0 Å². The number of alkyl halides is 7. The third-order valence-electron chi connectivity index (χ3n) is 6.09. The number of rotatable bonds is 11. The lowest BCUT2D eigenvalue weighted by Crippen LogP contribution is -2.47. The number of carbonyl (C=O) groups excluding carboxylic acids is 1. The summed E-state index contributed by atoms with van der Waals surface area (Å²) in [6.45, 7) is 8.29. The van der Waals surface area contributed by atoms with E-state index in [9.17, 15) is 48.7 Å². The number of ether oxygens (including phenoxy) is 2. The van der Waals surface area contributed by atoms with Crippen molar-refractivity contribution >= 4 is 5.91 Å². The molecule has 3 aromatic carbocycles. The molecular weight excluding hydrogens is 612 g/mol. The molecule has 0 aromatic heterocycles. The molecule has 0 saturated heterocycles. The van der Waals surface area contributed by atoms with Gasteiger partial charge in [-0.05, 0) is 80.8 Å². The lowest BCUT2D eigenvalue weighted by atomic mass is 9.77. The van der Waals surface area contributed by atoms with E-state index in [4.69, 9.17) is 4.74 Å². The van der Waals surface area contributed by atoms with Gasteiger partial charge in [-0.25, -0.2) is 13.2 Å². The quantitative estimate of drug-likeness (QED) is 0.169. The first-order chi connectivity index (χ1) is 20.2. The van der Waals surface area contributed by atoms with Gasteiger partial charge in [-0.2, -0.15) is 30.7 Å². The zero-order valence-electron chi connectivity index (χ0n) is 23.3. The highest BCUT2D eigenvalue weighted by Crippen LogP contribution is 2.41. The summed E-state index contributed by atoms with van der Waals surface area (Å²) in [5, 5.41) is 2.42. The summed E-state index contributed by atoms with van der Waals surface area (Å²) in [6, 6.07) is 6.18. The van der Waals surface area contributed by atoms with Crippen LogP contribution in [0.1, 0.15) is 54.2 Å². The maximum absolute atomic E-state index is 14.9. The summed E-state index contributed by atoms with van der Waals surface area (Å²) in [4.78, 5) is 13.5. The van der Waals surface area contributed by atoms with Crippen molar-refractivity contribution in [1.82, 2.24) is 5.32 Å². The van der Waals surface area contributed by atoms with Crippen LogP contribution in [0.25, 0.3) is 0 Å². The zero-order chi connectivity index (χ0) is 33.2. The maximum atomic E-state index is 14.9. The Morgan fingerprint density at radius 3 is 2.09 bits per heavy atom. The first-order valence-corrected chi connectivity index (χ1v) is 12.7. The second-order valence-electron chi connectivity index (χ2n) is 10.1. The van der Waals surface area contributed by atoms with Gasteiger partial charge in [0.05, 0.1) is 17.2 Å². The van der Waals surface area contributed by atoms with Gasteiger partial charge in [0, 0.05) is 11.6 Å². The van der Waals surface area contributed by atoms with Crippen LogP contribution in [0.4, 0.5) is 43.9 Å². The number of hydrogen-bond acceptors (Lipinski definition) is 3. The van der Waals surface area contributed by atoms with Gasteiger partial charge in [0.15, 0.2) is 11.6 Å². The molecule has 0 radical (unpaired) electrons. The third kappa shape index (κ3) is 7.83. The molecule has 3 rings (SSSR count). The largest absolute Gasteiger partial charge is 0.488 e. The number of nitrogens with one attached hydrogen (secondary N) is 1. The van der Waals surface area contributed by atoms with E-state index < -0.39 is 82.6 Å². The predicted molar refractivity (Wildman–Crippen MR) is 139 cm³/mol. The molecule has 1 amide bonds. The first-order valence-electron chi connectivity index (χ1n) is 12.7. The molecule has 1 unspecified atom stereocenters. The predicted octanol–water partition coefficient (Wildman–Crippen LogP) is 8.79. The molecule has 238 valence electrons. The van der Waals surface area contributed by atoms with Crippen LogP contribution in [0.3, 0.4) is 0 Å². The molecule has 0 bridgehead atoms. The normalized spacial score (nSPS) is 13.5. The molecule has 0 saturated carbocycles. The zero-order valence-corrected chi connectivity index (χ0v) is 23.3. The summed E-state index contributed by atoms with van der Waals surface area (Å²) in [7, 11) is 0. The van der Waals surface area contributed by atoms with Gasteiger partial charge < -0.3 is 14.8 Å². The van der Waals surface area contributed by atoms with Crippen LogP contribution in [-0.4, -0.2) is 24.5 Å². The van der Waals surface area contributed by atoms with Crippen LogP contribution in [0.5, 0.6) is 11.5 Å². The highest BCUT2D eigenvalue weighted by Gasteiger charge is 2.45. The van der Waals surface area contributed by atoms with Crippen molar-refractivity contribution in [2.24, 2.45) is 0 Å². The van der Waals surface area contributed by atoms with Gasteiger partial charge in [-0.1, -0.05) is 11.6 Å². The molecule has 0 spiro atoms. The monoisotopic (exact) mass is 637 g/mol. The fraction of sp³-hybridized carbons (Fsp3) is 0.300. The molecule has 0 aliphatic rings. The first kappa shape index (κ1) is 34.3. The minimum absolute atomic E-state index is 0.110. The number of amides is 1. The molecule has 4 nitrogen and oxygen atoms in total. The highest BCUT2D eigenvalue weighted by molar-refractivity contribution is 5.95. The summed E-state index contributed by atoms with van der Waals surface area (Å²) in [5.74, 6) is -6.64. The molecule has 14 heteroatoms. The third-order valence-corrected chi connectivity index (χ3v) is 6.09. The van der Waals surface area contributed by atoms with E-state index in [2.05, 4.69) is 16.6 Å². The van der Waals surface area contributed by atoms with Gasteiger partial charge in [0.2, 0.25) is 0 Å². The Balaban J connectivity index is 2.34. The molecular formula is C30H25F10NO3. The molecule has 0 heterocycles. The van der Waals surface area contributed by atoms with Gasteiger partial charge in [-0.3, -0.25) is 4.79 Å². The van der Waals surface area contributed by atoms with E-state index in [1.165, 1.54) is 6.92 Å². The summed E-state index contributed by atoms with van der Waals surface area (Å²) in [6.07, 6.45) is -15.6. The fourth-order valence-electron chi connectivity index (χ4n) is 4.34. The second kappa shape index (κ2) is 12.8. The number of benzene rings is 3. The molecule has 1 atom stereocenters. The average molecular weight is 638 g/mol. The fourth-order valence-corrected chi connectivity index (χ4v) is 4.34. The van der Waals surface area contributed by atoms with Crippen molar-refractivity contribution in [2.75, 3.05) is 0 Å². The summed E-state index contributed by atoms with van der Waals surface area (Å²) < 4.78 is 147. The van der Waals surface area contributed by atoms with Crippen LogP contribution in [-0.2, 0) is 11.7 Å². The molecule has 0 fully saturated rings. The van der Waals surface area contributed by atoms with Crippen LogP contribution in [0, 0.1) is 17.5 Å². The summed E-state index contributed by atoms with van der Waals surface area (Å²) >= 11 is 0. The van der Waals surface area contributed by atoms with E-state index in [-0.39, 0.29) is 23.0 Å². The Morgan fingerprint density at radius 2 is 1.52 bits per heavy atom. The van der Waals surface area contributed by atoms with Crippen LogP contribution in [0.15, 0.2) is 66.7 Å². The van der Waals surface area contributed by atoms with Gasteiger partial charge in [0.25, 0.3) is 5.91 Å². The standard InChI is InChI=1S/C30H25F10NO3/c1-15(2)14-28(18-6-8-24(33)25(12-18)43-16(3)4,19-10-20(31)13-21(11-19)44-30(39,40)27(34)35)41-26(42)17-5-7-23(32)22(9-17)29(36,37)38/h5-13,16,27H,1,14H2,2-4H3,(H,41,42). The summed E-state index contributed by atoms with van der Waals surface area (Å²) in [5.41, 5.74) is -4.97. The van der Waals surface area contributed by atoms with E-state index >= 15 is 0 Å². The Hall–Kier alpha value is -4.23. The molecule has 0 aliphatic heterocycles. The average Bonchev–Trinajstić information content (AvgIpc) is 2.87. The maximum Gasteiger partial charge on any atom is 0.461 e. The van der Waals surface area contributed by atoms with E-state index in [1.54, 1.807) is 13.8 Å². The van der Waals surface area contributed by atoms with Gasteiger partial charge >= 0.3 is 18.7 Å². The SMILES string of the molecule is C=C(C)CC(NC(=O)c1ccc(F)c(C(F)(F)F)c1)(c1cc(F)cc(OC(F)(F)C(F)F)c1)c1ccc(F)c(OC(C)C)c1. The van der Waals surface area contributed by atoms with E-state index in [1.807, 2.05) is 0 Å². The van der Waals surface area contributed by atoms with Crippen LogP contribution in [0.2, 0.25) is 0 Å². The van der Waals surface area contributed by atoms with E-state index in [0.29, 0.717) is 24.3 Å².